The highest BCUT2D eigenvalue weighted by Gasteiger charge is 2.35. The first-order chi connectivity index (χ1) is 17.6. The van der Waals surface area contributed by atoms with E-state index in [1.165, 1.54) is 4.57 Å². The Morgan fingerprint density at radius 1 is 0.946 bits per heavy atom. The van der Waals surface area contributed by atoms with Crippen molar-refractivity contribution in [1.82, 2.24) is 9.47 Å². The van der Waals surface area contributed by atoms with E-state index in [9.17, 15) is 29.1 Å². The Morgan fingerprint density at radius 3 is 2.16 bits per heavy atom. The van der Waals surface area contributed by atoms with Crippen LogP contribution in [0.5, 0.6) is 0 Å². The van der Waals surface area contributed by atoms with Gasteiger partial charge in [-0.1, -0.05) is 48.5 Å². The van der Waals surface area contributed by atoms with Crippen LogP contribution in [0.25, 0.3) is 10.9 Å². The highest BCUT2D eigenvalue weighted by Crippen LogP contribution is 2.28. The van der Waals surface area contributed by atoms with E-state index in [1.807, 2.05) is 0 Å². The molecule has 3 rings (SSSR count). The van der Waals surface area contributed by atoms with Crippen molar-refractivity contribution in [3.05, 3.63) is 71.4 Å². The van der Waals surface area contributed by atoms with Crippen LogP contribution >= 0.6 is 0 Å². The van der Waals surface area contributed by atoms with Crippen molar-refractivity contribution in [3.8, 4) is 0 Å². The fraction of sp³-hybridized carbons (Fsp3) is 0.269. The number of carbonyl (C=O) groups is 5. The van der Waals surface area contributed by atoms with Crippen LogP contribution in [0.2, 0.25) is 0 Å². The lowest BCUT2D eigenvalue weighted by Gasteiger charge is -2.26. The number of imide groups is 1. The molecule has 0 fully saturated rings. The molecule has 0 aliphatic carbocycles. The molecule has 11 heteroatoms. The summed E-state index contributed by atoms with van der Waals surface area (Å²) in [5.74, 6) is -4.21. The Balaban J connectivity index is 1.98. The lowest BCUT2D eigenvalue weighted by Crippen LogP contribution is -2.52. The zero-order chi connectivity index (χ0) is 27.3. The molecule has 0 saturated heterocycles. The number of rotatable bonds is 11. The van der Waals surface area contributed by atoms with Crippen molar-refractivity contribution in [1.29, 1.82) is 0 Å². The Morgan fingerprint density at radius 2 is 1.57 bits per heavy atom. The number of fused-ring (bicyclic) bond motifs is 1. The van der Waals surface area contributed by atoms with E-state index < -0.39 is 48.3 Å². The zero-order valence-corrected chi connectivity index (χ0v) is 20.1. The summed E-state index contributed by atoms with van der Waals surface area (Å²) < 4.78 is 1.24. The van der Waals surface area contributed by atoms with Gasteiger partial charge in [-0.3, -0.25) is 28.6 Å². The van der Waals surface area contributed by atoms with E-state index in [1.54, 1.807) is 61.5 Å². The van der Waals surface area contributed by atoms with Crippen LogP contribution in [0.1, 0.15) is 28.0 Å². The summed E-state index contributed by atoms with van der Waals surface area (Å²) in [7, 11) is 0. The molecular weight excluding hydrogens is 480 g/mol. The van der Waals surface area contributed by atoms with E-state index in [0.29, 0.717) is 27.1 Å². The monoisotopic (exact) mass is 508 g/mol. The highest BCUT2D eigenvalue weighted by atomic mass is 16.4. The standard InChI is InChI=1S/C26H28N4O7/c1-15-18(17-9-5-6-10-21(17)30(15)25(35)20(28)13-23(32)33)12-22(26(36)37)29(14-31)24(34)19(27)11-16-7-3-2-4-8-16/h2-10,14,19-20,22H,11-13,27-28H2,1H3,(H,32,33)(H,36,37). The molecule has 194 valence electrons. The summed E-state index contributed by atoms with van der Waals surface area (Å²) in [5.41, 5.74) is 13.7. The van der Waals surface area contributed by atoms with Gasteiger partial charge in [-0.15, -0.1) is 0 Å². The molecule has 11 nitrogen and oxygen atoms in total. The van der Waals surface area contributed by atoms with Crippen molar-refractivity contribution < 1.29 is 34.2 Å². The van der Waals surface area contributed by atoms with Crippen LogP contribution in [-0.2, 0) is 32.0 Å². The summed E-state index contributed by atoms with van der Waals surface area (Å²) in [4.78, 5) is 61.9. The number of benzene rings is 2. The average Bonchev–Trinajstić information content (AvgIpc) is 3.14. The normalized spacial score (nSPS) is 13.5. The number of amides is 2. The summed E-state index contributed by atoms with van der Waals surface area (Å²) in [5, 5.41) is 19.5. The lowest BCUT2D eigenvalue weighted by atomic mass is 10.00. The molecule has 0 bridgehead atoms. The number of hydrogen-bond acceptors (Lipinski definition) is 7. The third kappa shape index (κ3) is 5.90. The first-order valence-electron chi connectivity index (χ1n) is 11.5. The number of aromatic nitrogens is 1. The first kappa shape index (κ1) is 27.2. The van der Waals surface area contributed by atoms with Crippen LogP contribution in [-0.4, -0.2) is 68.0 Å². The number of para-hydroxylation sites is 1. The number of carbonyl (C=O) groups excluding carboxylic acids is 3. The van der Waals surface area contributed by atoms with Gasteiger partial charge in [0.1, 0.15) is 6.04 Å². The fourth-order valence-electron chi connectivity index (χ4n) is 4.34. The average molecular weight is 509 g/mol. The molecule has 0 aliphatic rings. The minimum Gasteiger partial charge on any atom is -0.481 e. The van der Waals surface area contributed by atoms with Crippen molar-refractivity contribution in [2.24, 2.45) is 11.5 Å². The molecule has 1 aromatic heterocycles. The van der Waals surface area contributed by atoms with Crippen LogP contribution in [0, 0.1) is 6.92 Å². The fourth-order valence-corrected chi connectivity index (χ4v) is 4.34. The van der Waals surface area contributed by atoms with E-state index in [-0.39, 0.29) is 19.3 Å². The van der Waals surface area contributed by atoms with E-state index >= 15 is 0 Å². The number of hydrogen-bond donors (Lipinski definition) is 4. The maximum Gasteiger partial charge on any atom is 0.327 e. The number of nitrogens with two attached hydrogens (primary N) is 2. The minimum absolute atomic E-state index is 0.102. The molecule has 37 heavy (non-hydrogen) atoms. The molecule has 2 aromatic carbocycles. The molecule has 0 spiro atoms. The molecule has 3 atom stereocenters. The molecule has 1 heterocycles. The topological polar surface area (TPSA) is 186 Å². The van der Waals surface area contributed by atoms with Gasteiger partial charge in [-0.05, 0) is 30.5 Å². The van der Waals surface area contributed by atoms with E-state index in [4.69, 9.17) is 16.6 Å². The van der Waals surface area contributed by atoms with Gasteiger partial charge in [0.05, 0.1) is 24.0 Å². The summed E-state index contributed by atoms with van der Waals surface area (Å²) >= 11 is 0. The van der Waals surface area contributed by atoms with Crippen LogP contribution < -0.4 is 11.5 Å². The van der Waals surface area contributed by atoms with Crippen molar-refractivity contribution >= 4 is 41.1 Å². The van der Waals surface area contributed by atoms with E-state index in [2.05, 4.69) is 0 Å². The van der Waals surface area contributed by atoms with Gasteiger partial charge in [0.2, 0.25) is 18.2 Å². The molecule has 2 amide bonds. The maximum absolute atomic E-state index is 13.0. The Bertz CT molecular complexity index is 1340. The third-order valence-electron chi connectivity index (χ3n) is 6.18. The summed E-state index contributed by atoms with van der Waals surface area (Å²) in [6.45, 7) is 1.56. The number of aliphatic carboxylic acids is 2. The van der Waals surface area contributed by atoms with Gasteiger partial charge in [0, 0.05) is 17.5 Å². The van der Waals surface area contributed by atoms with Gasteiger partial charge in [0.15, 0.2) is 0 Å². The van der Waals surface area contributed by atoms with Gasteiger partial charge >= 0.3 is 11.9 Å². The maximum atomic E-state index is 13.0. The van der Waals surface area contributed by atoms with Crippen molar-refractivity contribution in [2.75, 3.05) is 0 Å². The molecule has 0 saturated carbocycles. The van der Waals surface area contributed by atoms with Crippen molar-refractivity contribution in [3.63, 3.8) is 0 Å². The van der Waals surface area contributed by atoms with Gasteiger partial charge in [0.25, 0.3) is 0 Å². The van der Waals surface area contributed by atoms with Gasteiger partial charge in [-0.2, -0.15) is 0 Å². The Hall–Kier alpha value is -4.35. The van der Waals surface area contributed by atoms with Crippen LogP contribution in [0.3, 0.4) is 0 Å². The number of nitrogens with zero attached hydrogens (tertiary/aromatic N) is 2. The smallest absolute Gasteiger partial charge is 0.327 e. The molecule has 0 aliphatic heterocycles. The zero-order valence-electron chi connectivity index (χ0n) is 20.1. The van der Waals surface area contributed by atoms with E-state index in [0.717, 1.165) is 5.56 Å². The summed E-state index contributed by atoms with van der Waals surface area (Å²) in [6.07, 6.45) is -0.650. The highest BCUT2D eigenvalue weighted by molar-refractivity contribution is 6.00. The van der Waals surface area contributed by atoms with Gasteiger partial charge in [-0.25, -0.2) is 4.79 Å². The quantitative estimate of drug-likeness (QED) is 0.273. The van der Waals surface area contributed by atoms with Gasteiger partial charge < -0.3 is 21.7 Å². The number of carboxylic acid groups (broad SMARTS) is 2. The molecule has 3 unspecified atom stereocenters. The largest absolute Gasteiger partial charge is 0.481 e. The predicted molar refractivity (Wildman–Crippen MR) is 134 cm³/mol. The molecule has 0 radical (unpaired) electrons. The second kappa shape index (κ2) is 11.6. The Kier molecular flexibility index (Phi) is 8.53. The second-order valence-electron chi connectivity index (χ2n) is 8.66. The molecule has 6 N–H and O–H groups in total. The molecular formula is C26H28N4O7. The lowest BCUT2D eigenvalue weighted by molar-refractivity contribution is -0.154. The SMILES string of the molecule is Cc1c(CC(C(=O)O)N(C=O)C(=O)C(N)Cc2ccccc2)c2ccccc2n1C(=O)C(N)CC(=O)O. The summed E-state index contributed by atoms with van der Waals surface area (Å²) in [6, 6.07) is 11.4. The van der Waals surface area contributed by atoms with Crippen LogP contribution in [0.15, 0.2) is 54.6 Å². The molecule has 3 aromatic rings. The van der Waals surface area contributed by atoms with Crippen molar-refractivity contribution in [2.45, 2.75) is 44.3 Å². The number of carboxylic acids is 2. The predicted octanol–water partition coefficient (Wildman–Crippen LogP) is 0.943. The minimum atomic E-state index is -1.60. The third-order valence-corrected chi connectivity index (χ3v) is 6.18. The van der Waals surface area contributed by atoms with Crippen LogP contribution in [0.4, 0.5) is 0 Å². The Labute approximate surface area is 212 Å². The second-order valence-corrected chi connectivity index (χ2v) is 8.66. The first-order valence-corrected chi connectivity index (χ1v) is 11.5.